The molecule has 1 spiro atoms. The van der Waals surface area contributed by atoms with E-state index in [-0.39, 0.29) is 23.8 Å². The van der Waals surface area contributed by atoms with Crippen molar-refractivity contribution >= 4 is 5.91 Å². The molecule has 3 fully saturated rings. The molecule has 3 heterocycles. The van der Waals surface area contributed by atoms with Gasteiger partial charge in [-0.05, 0) is 37.8 Å². The summed E-state index contributed by atoms with van der Waals surface area (Å²) in [5.74, 6) is 2.01. The van der Waals surface area contributed by atoms with Crippen molar-refractivity contribution in [3.05, 3.63) is 42.5 Å². The number of nitrogens with zero attached hydrogens (tertiary/aromatic N) is 4. The summed E-state index contributed by atoms with van der Waals surface area (Å²) in [6.45, 7) is 2.99. The maximum atomic E-state index is 12.9. The first-order valence-corrected chi connectivity index (χ1v) is 10.2. The number of carbonyl (C=O) groups excluding carboxylic acids is 1. The number of hydrogen-bond donors (Lipinski definition) is 0. The van der Waals surface area contributed by atoms with E-state index in [9.17, 15) is 4.79 Å². The van der Waals surface area contributed by atoms with Gasteiger partial charge in [-0.15, -0.1) is 10.2 Å². The molecule has 1 unspecified atom stereocenters. The van der Waals surface area contributed by atoms with Crippen molar-refractivity contribution in [2.45, 2.75) is 37.6 Å². The van der Waals surface area contributed by atoms with Crippen molar-refractivity contribution in [1.29, 1.82) is 0 Å². The lowest BCUT2D eigenvalue weighted by molar-refractivity contribution is -0.133. The third kappa shape index (κ3) is 3.28. The SMILES string of the molecule is O=C(COc1ccccc1)N1CC(c2nncn2C2CC2)C2(CCOCC2)C1. The normalized spacial score (nSPS) is 23.9. The van der Waals surface area contributed by atoms with Crippen LogP contribution in [0.2, 0.25) is 0 Å². The van der Waals surface area contributed by atoms with Gasteiger partial charge in [-0.1, -0.05) is 18.2 Å². The summed E-state index contributed by atoms with van der Waals surface area (Å²) >= 11 is 0. The lowest BCUT2D eigenvalue weighted by Gasteiger charge is -2.37. The molecule has 1 aliphatic carbocycles. The highest BCUT2D eigenvalue weighted by Crippen LogP contribution is 2.50. The number of likely N-dealkylation sites (tertiary alicyclic amines) is 1. The second-order valence-corrected chi connectivity index (χ2v) is 8.23. The van der Waals surface area contributed by atoms with Gasteiger partial charge >= 0.3 is 0 Å². The molecule has 0 bridgehead atoms. The zero-order valence-electron chi connectivity index (χ0n) is 16.0. The zero-order valence-corrected chi connectivity index (χ0v) is 16.0. The van der Waals surface area contributed by atoms with Crippen molar-refractivity contribution in [3.63, 3.8) is 0 Å². The van der Waals surface area contributed by atoms with Crippen molar-refractivity contribution in [1.82, 2.24) is 19.7 Å². The third-order valence-electron chi connectivity index (χ3n) is 6.45. The van der Waals surface area contributed by atoms with Crippen LogP contribution in [0.5, 0.6) is 5.75 Å². The van der Waals surface area contributed by atoms with Crippen molar-refractivity contribution in [3.8, 4) is 5.75 Å². The largest absolute Gasteiger partial charge is 0.484 e. The number of ether oxygens (including phenoxy) is 2. The van der Waals surface area contributed by atoms with E-state index in [2.05, 4.69) is 14.8 Å². The van der Waals surface area contributed by atoms with Crippen LogP contribution in [-0.2, 0) is 9.53 Å². The molecule has 3 aliphatic rings. The molecular weight excluding hydrogens is 356 g/mol. The molecule has 0 N–H and O–H groups in total. The minimum absolute atomic E-state index is 0.0281. The van der Waals surface area contributed by atoms with Gasteiger partial charge in [-0.3, -0.25) is 4.79 Å². The summed E-state index contributed by atoms with van der Waals surface area (Å²) in [5, 5.41) is 8.70. The lowest BCUT2D eigenvalue weighted by atomic mass is 9.71. The highest BCUT2D eigenvalue weighted by atomic mass is 16.5. The van der Waals surface area contributed by atoms with E-state index < -0.39 is 0 Å². The van der Waals surface area contributed by atoms with Crippen LogP contribution < -0.4 is 4.74 Å². The van der Waals surface area contributed by atoms with Crippen LogP contribution >= 0.6 is 0 Å². The first-order valence-electron chi connectivity index (χ1n) is 10.2. The fourth-order valence-electron chi connectivity index (χ4n) is 4.69. The Morgan fingerprint density at radius 3 is 2.75 bits per heavy atom. The van der Waals surface area contributed by atoms with Gasteiger partial charge in [0.2, 0.25) is 0 Å². The number of aromatic nitrogens is 3. The lowest BCUT2D eigenvalue weighted by Crippen LogP contribution is -2.38. The Hall–Kier alpha value is -2.41. The molecular formula is C21H26N4O3. The summed E-state index contributed by atoms with van der Waals surface area (Å²) in [5.41, 5.74) is 0.0281. The Bertz CT molecular complexity index is 827. The Morgan fingerprint density at radius 2 is 2.00 bits per heavy atom. The standard InChI is InChI=1S/C21H26N4O3/c26-19(13-28-17-4-2-1-3-5-17)24-12-18(21(14-24)8-10-27-11-9-21)20-23-22-15-25(20)16-6-7-16/h1-5,15-16,18H,6-14H2. The first kappa shape index (κ1) is 17.7. The van der Waals surface area contributed by atoms with Gasteiger partial charge in [0.15, 0.2) is 6.61 Å². The fraction of sp³-hybridized carbons (Fsp3) is 0.571. The molecule has 1 aromatic carbocycles. The van der Waals surface area contributed by atoms with Crippen LogP contribution in [0.4, 0.5) is 0 Å². The molecule has 2 aromatic rings. The predicted molar refractivity (Wildman–Crippen MR) is 102 cm³/mol. The topological polar surface area (TPSA) is 69.5 Å². The van der Waals surface area contributed by atoms with Crippen LogP contribution in [0.25, 0.3) is 0 Å². The predicted octanol–water partition coefficient (Wildman–Crippen LogP) is 2.41. The Labute approximate surface area is 164 Å². The van der Waals surface area contributed by atoms with Gasteiger partial charge in [0, 0.05) is 43.7 Å². The van der Waals surface area contributed by atoms with Crippen LogP contribution in [0.3, 0.4) is 0 Å². The van der Waals surface area contributed by atoms with Crippen LogP contribution in [0.1, 0.15) is 43.5 Å². The number of hydrogen-bond acceptors (Lipinski definition) is 5. The van der Waals surface area contributed by atoms with E-state index in [1.54, 1.807) is 0 Å². The van der Waals surface area contributed by atoms with E-state index in [1.807, 2.05) is 41.6 Å². The van der Waals surface area contributed by atoms with Gasteiger partial charge in [-0.25, -0.2) is 0 Å². The molecule has 2 saturated heterocycles. The van der Waals surface area contributed by atoms with Gasteiger partial charge in [0.25, 0.3) is 5.91 Å². The third-order valence-corrected chi connectivity index (χ3v) is 6.45. The Morgan fingerprint density at radius 1 is 1.21 bits per heavy atom. The number of carbonyl (C=O) groups is 1. The minimum Gasteiger partial charge on any atom is -0.484 e. The molecule has 7 heteroatoms. The molecule has 1 amide bonds. The van der Waals surface area contributed by atoms with Crippen LogP contribution in [0.15, 0.2) is 36.7 Å². The molecule has 2 aliphatic heterocycles. The molecule has 1 aromatic heterocycles. The summed E-state index contributed by atoms with van der Waals surface area (Å²) in [6, 6.07) is 10.0. The number of para-hydroxylation sites is 1. The first-order chi connectivity index (χ1) is 13.8. The molecule has 5 rings (SSSR count). The molecule has 148 valence electrons. The van der Waals surface area contributed by atoms with Crippen molar-refractivity contribution in [2.24, 2.45) is 5.41 Å². The molecule has 0 radical (unpaired) electrons. The van der Waals surface area contributed by atoms with E-state index in [1.165, 1.54) is 12.8 Å². The highest BCUT2D eigenvalue weighted by molar-refractivity contribution is 5.78. The average Bonchev–Trinajstić information content (AvgIpc) is 3.36. The van der Waals surface area contributed by atoms with Gasteiger partial charge in [0.1, 0.15) is 17.9 Å². The average molecular weight is 382 g/mol. The van der Waals surface area contributed by atoms with Gasteiger partial charge in [0.05, 0.1) is 0 Å². The summed E-state index contributed by atoms with van der Waals surface area (Å²) in [7, 11) is 0. The molecule has 7 nitrogen and oxygen atoms in total. The minimum atomic E-state index is 0.0281. The number of amides is 1. The molecule has 1 saturated carbocycles. The Balaban J connectivity index is 1.34. The molecule has 1 atom stereocenters. The quantitative estimate of drug-likeness (QED) is 0.794. The van der Waals surface area contributed by atoms with Crippen LogP contribution in [0, 0.1) is 5.41 Å². The van der Waals surface area contributed by atoms with Gasteiger partial charge < -0.3 is 18.9 Å². The van der Waals surface area contributed by atoms with E-state index in [0.717, 1.165) is 44.2 Å². The van der Waals surface area contributed by atoms with E-state index in [0.29, 0.717) is 12.6 Å². The highest BCUT2D eigenvalue weighted by Gasteiger charge is 2.51. The maximum absolute atomic E-state index is 12.9. The summed E-state index contributed by atoms with van der Waals surface area (Å²) < 4.78 is 13.6. The summed E-state index contributed by atoms with van der Waals surface area (Å²) in [6.07, 6.45) is 6.17. The molecule has 28 heavy (non-hydrogen) atoms. The van der Waals surface area contributed by atoms with E-state index >= 15 is 0 Å². The number of rotatable bonds is 5. The van der Waals surface area contributed by atoms with E-state index in [4.69, 9.17) is 9.47 Å². The van der Waals surface area contributed by atoms with Crippen molar-refractivity contribution in [2.75, 3.05) is 32.9 Å². The smallest absolute Gasteiger partial charge is 0.260 e. The maximum Gasteiger partial charge on any atom is 0.260 e. The van der Waals surface area contributed by atoms with Crippen LogP contribution in [-0.4, -0.2) is 58.5 Å². The monoisotopic (exact) mass is 382 g/mol. The number of benzene rings is 1. The van der Waals surface area contributed by atoms with Crippen molar-refractivity contribution < 1.29 is 14.3 Å². The second-order valence-electron chi connectivity index (χ2n) is 8.23. The second kappa shape index (κ2) is 7.20. The Kier molecular flexibility index (Phi) is 4.55. The zero-order chi connectivity index (χ0) is 19.0. The fourth-order valence-corrected chi connectivity index (χ4v) is 4.69. The summed E-state index contributed by atoms with van der Waals surface area (Å²) in [4.78, 5) is 14.9. The van der Waals surface area contributed by atoms with Gasteiger partial charge in [-0.2, -0.15) is 0 Å².